The Morgan fingerprint density at radius 1 is 1.56 bits per heavy atom. The number of amides is 1. The molecule has 0 saturated heterocycles. The molecule has 1 aromatic carbocycles. The van der Waals surface area contributed by atoms with E-state index in [1.54, 1.807) is 7.11 Å². The molecule has 0 bridgehead atoms. The van der Waals surface area contributed by atoms with Crippen LogP contribution in [0.4, 0.5) is 0 Å². The first kappa shape index (κ1) is 13.6. The van der Waals surface area contributed by atoms with Crippen LogP contribution in [0.15, 0.2) is 28.7 Å². The van der Waals surface area contributed by atoms with Gasteiger partial charge in [-0.3, -0.25) is 4.79 Å². The van der Waals surface area contributed by atoms with E-state index in [4.69, 9.17) is 4.74 Å². The summed E-state index contributed by atoms with van der Waals surface area (Å²) >= 11 is 3.46. The van der Waals surface area contributed by atoms with Crippen molar-refractivity contribution in [3.8, 4) is 0 Å². The summed E-state index contributed by atoms with van der Waals surface area (Å²) in [4.78, 5) is 12.3. The molecule has 18 heavy (non-hydrogen) atoms. The standard InChI is InChI=1S/C14H18BrNO2/c1-10(9-18-2)16-13(17)14(6-7-14)11-4-3-5-12(15)8-11/h3-5,8,10H,6-7,9H2,1-2H3,(H,16,17). The van der Waals surface area contributed by atoms with Crippen molar-refractivity contribution in [2.45, 2.75) is 31.2 Å². The largest absolute Gasteiger partial charge is 0.383 e. The SMILES string of the molecule is COCC(C)NC(=O)C1(c2cccc(Br)c2)CC1. The number of benzene rings is 1. The summed E-state index contributed by atoms with van der Waals surface area (Å²) in [6.07, 6.45) is 1.85. The Morgan fingerprint density at radius 3 is 2.83 bits per heavy atom. The monoisotopic (exact) mass is 311 g/mol. The second-order valence-electron chi connectivity index (χ2n) is 4.92. The summed E-state index contributed by atoms with van der Waals surface area (Å²) in [6.45, 7) is 2.50. The topological polar surface area (TPSA) is 38.3 Å². The van der Waals surface area contributed by atoms with Gasteiger partial charge in [-0.2, -0.15) is 0 Å². The zero-order chi connectivity index (χ0) is 13.2. The van der Waals surface area contributed by atoms with Gasteiger partial charge in [0, 0.05) is 17.6 Å². The number of carbonyl (C=O) groups excluding carboxylic acids is 1. The van der Waals surface area contributed by atoms with Gasteiger partial charge in [-0.1, -0.05) is 28.1 Å². The Bertz CT molecular complexity index is 443. The second-order valence-corrected chi connectivity index (χ2v) is 5.84. The number of methoxy groups -OCH3 is 1. The van der Waals surface area contributed by atoms with Crippen LogP contribution in [-0.4, -0.2) is 25.7 Å². The Hall–Kier alpha value is -0.870. The fraction of sp³-hybridized carbons (Fsp3) is 0.500. The normalized spacial score (nSPS) is 18.2. The Kier molecular flexibility index (Phi) is 4.07. The van der Waals surface area contributed by atoms with Crippen LogP contribution in [0.5, 0.6) is 0 Å². The number of carbonyl (C=O) groups is 1. The minimum absolute atomic E-state index is 0.0483. The number of nitrogens with one attached hydrogen (secondary N) is 1. The highest BCUT2D eigenvalue weighted by atomic mass is 79.9. The third-order valence-electron chi connectivity index (χ3n) is 3.36. The highest BCUT2D eigenvalue weighted by Crippen LogP contribution is 2.48. The van der Waals surface area contributed by atoms with E-state index in [-0.39, 0.29) is 17.4 Å². The van der Waals surface area contributed by atoms with Gasteiger partial charge in [-0.15, -0.1) is 0 Å². The Morgan fingerprint density at radius 2 is 2.28 bits per heavy atom. The van der Waals surface area contributed by atoms with Crippen LogP contribution in [0.25, 0.3) is 0 Å². The van der Waals surface area contributed by atoms with E-state index in [1.165, 1.54) is 0 Å². The lowest BCUT2D eigenvalue weighted by molar-refractivity contribution is -0.124. The van der Waals surface area contributed by atoms with E-state index >= 15 is 0 Å². The molecule has 98 valence electrons. The minimum atomic E-state index is -0.314. The number of ether oxygens (including phenoxy) is 1. The molecule has 4 heteroatoms. The van der Waals surface area contributed by atoms with Crippen LogP contribution in [0.3, 0.4) is 0 Å². The lowest BCUT2D eigenvalue weighted by atomic mass is 9.95. The molecule has 1 aliphatic rings. The maximum absolute atomic E-state index is 12.3. The van der Waals surface area contributed by atoms with E-state index in [1.807, 2.05) is 31.2 Å². The average molecular weight is 312 g/mol. The zero-order valence-electron chi connectivity index (χ0n) is 10.7. The van der Waals surface area contributed by atoms with Gasteiger partial charge >= 0.3 is 0 Å². The highest BCUT2D eigenvalue weighted by molar-refractivity contribution is 9.10. The summed E-state index contributed by atoms with van der Waals surface area (Å²) in [6, 6.07) is 8.06. The molecular weight excluding hydrogens is 294 g/mol. The summed E-state index contributed by atoms with van der Waals surface area (Å²) < 4.78 is 6.06. The first-order valence-electron chi connectivity index (χ1n) is 6.14. The maximum Gasteiger partial charge on any atom is 0.230 e. The molecule has 0 radical (unpaired) electrons. The van der Waals surface area contributed by atoms with Gasteiger partial charge in [0.1, 0.15) is 0 Å². The molecule has 3 nitrogen and oxygen atoms in total. The van der Waals surface area contributed by atoms with Gasteiger partial charge in [0.15, 0.2) is 0 Å². The minimum Gasteiger partial charge on any atom is -0.383 e. The third kappa shape index (κ3) is 2.75. The van der Waals surface area contributed by atoms with Crippen molar-refractivity contribution < 1.29 is 9.53 Å². The predicted molar refractivity (Wildman–Crippen MR) is 74.5 cm³/mol. The lowest BCUT2D eigenvalue weighted by Gasteiger charge is -2.19. The molecule has 1 unspecified atom stereocenters. The van der Waals surface area contributed by atoms with Crippen LogP contribution in [0, 0.1) is 0 Å². The molecule has 0 aromatic heterocycles. The molecule has 0 aliphatic heterocycles. The van der Waals surface area contributed by atoms with Crippen molar-refractivity contribution >= 4 is 21.8 Å². The molecule has 2 rings (SSSR count). The molecule has 1 amide bonds. The van der Waals surface area contributed by atoms with E-state index in [0.29, 0.717) is 6.61 Å². The van der Waals surface area contributed by atoms with Crippen molar-refractivity contribution in [2.75, 3.05) is 13.7 Å². The number of hydrogen-bond donors (Lipinski definition) is 1. The van der Waals surface area contributed by atoms with Crippen LogP contribution in [0.1, 0.15) is 25.3 Å². The third-order valence-corrected chi connectivity index (χ3v) is 3.85. The van der Waals surface area contributed by atoms with Crippen molar-refractivity contribution in [1.29, 1.82) is 0 Å². The molecule has 1 saturated carbocycles. The fourth-order valence-electron chi connectivity index (χ4n) is 2.21. The van der Waals surface area contributed by atoms with E-state index < -0.39 is 0 Å². The van der Waals surface area contributed by atoms with Gasteiger partial charge in [0.05, 0.1) is 12.0 Å². The molecule has 1 atom stereocenters. The predicted octanol–water partition coefficient (Wildman–Crippen LogP) is 2.63. The molecule has 1 fully saturated rings. The maximum atomic E-state index is 12.3. The summed E-state index contributed by atoms with van der Waals surface area (Å²) in [7, 11) is 1.64. The van der Waals surface area contributed by atoms with Crippen LogP contribution < -0.4 is 5.32 Å². The number of hydrogen-bond acceptors (Lipinski definition) is 2. The van der Waals surface area contributed by atoms with Gasteiger partial charge < -0.3 is 10.1 Å². The molecule has 1 aliphatic carbocycles. The summed E-state index contributed by atoms with van der Waals surface area (Å²) in [5, 5.41) is 3.02. The van der Waals surface area contributed by atoms with E-state index in [0.717, 1.165) is 22.9 Å². The van der Waals surface area contributed by atoms with Crippen molar-refractivity contribution in [3.63, 3.8) is 0 Å². The highest BCUT2D eigenvalue weighted by Gasteiger charge is 2.51. The molecule has 0 heterocycles. The van der Waals surface area contributed by atoms with E-state index in [9.17, 15) is 4.79 Å². The zero-order valence-corrected chi connectivity index (χ0v) is 12.3. The summed E-state index contributed by atoms with van der Waals surface area (Å²) in [5.74, 6) is 0.116. The van der Waals surface area contributed by atoms with Gasteiger partial charge in [0.25, 0.3) is 0 Å². The van der Waals surface area contributed by atoms with Crippen molar-refractivity contribution in [2.24, 2.45) is 0 Å². The fourth-order valence-corrected chi connectivity index (χ4v) is 2.61. The van der Waals surface area contributed by atoms with Gasteiger partial charge in [-0.25, -0.2) is 0 Å². The second kappa shape index (κ2) is 5.41. The van der Waals surface area contributed by atoms with Crippen LogP contribution in [0.2, 0.25) is 0 Å². The lowest BCUT2D eigenvalue weighted by Crippen LogP contribution is -2.42. The number of rotatable bonds is 5. The van der Waals surface area contributed by atoms with Gasteiger partial charge in [0.2, 0.25) is 5.91 Å². The Balaban J connectivity index is 2.10. The quantitative estimate of drug-likeness (QED) is 0.908. The van der Waals surface area contributed by atoms with Crippen LogP contribution in [-0.2, 0) is 14.9 Å². The molecule has 0 spiro atoms. The molecule has 1 aromatic rings. The average Bonchev–Trinajstić information content (AvgIpc) is 3.10. The Labute approximate surface area is 116 Å². The molecule has 1 N–H and O–H groups in total. The number of halogens is 1. The van der Waals surface area contributed by atoms with E-state index in [2.05, 4.69) is 21.2 Å². The van der Waals surface area contributed by atoms with Crippen molar-refractivity contribution in [3.05, 3.63) is 34.3 Å². The van der Waals surface area contributed by atoms with Crippen molar-refractivity contribution in [1.82, 2.24) is 5.32 Å². The van der Waals surface area contributed by atoms with Gasteiger partial charge in [-0.05, 0) is 37.5 Å². The smallest absolute Gasteiger partial charge is 0.230 e. The first-order valence-corrected chi connectivity index (χ1v) is 6.94. The van der Waals surface area contributed by atoms with Crippen LogP contribution >= 0.6 is 15.9 Å². The summed E-state index contributed by atoms with van der Waals surface area (Å²) in [5.41, 5.74) is 0.783. The molecular formula is C14H18BrNO2. The first-order chi connectivity index (χ1) is 8.58.